The molecule has 0 saturated heterocycles. The molecule has 3 heterocycles. The molecule has 0 unspecified atom stereocenters. The molecule has 0 amide bonds. The van der Waals surface area contributed by atoms with E-state index in [2.05, 4.69) is 113 Å². The summed E-state index contributed by atoms with van der Waals surface area (Å²) in [5.74, 6) is 2.85. The summed E-state index contributed by atoms with van der Waals surface area (Å²) in [7, 11) is 0. The first kappa shape index (κ1) is 29.5. The molecule has 46 heavy (non-hydrogen) atoms. The largest absolute Gasteiger partial charge is 0.457 e. The molecule has 0 saturated carbocycles. The SMILES string of the molecule is CCc1c(C)cc(C)c(CC)c1-c1cnn(-c2cccc(Oc3ccc4c5ccccc5n(-c5cc(C(C)C)ccn5)c4c3)c2)c1. The van der Waals surface area contributed by atoms with Crippen LogP contribution < -0.4 is 4.74 Å². The second kappa shape index (κ2) is 12.0. The second-order valence-corrected chi connectivity index (χ2v) is 12.5. The molecule has 0 aliphatic carbocycles. The Kier molecular flexibility index (Phi) is 7.69. The average molecular weight is 605 g/mol. The van der Waals surface area contributed by atoms with Crippen LogP contribution in [0, 0.1) is 13.8 Å². The number of pyridine rings is 1. The van der Waals surface area contributed by atoms with E-state index in [9.17, 15) is 0 Å². The number of aryl methyl sites for hydroxylation is 2. The van der Waals surface area contributed by atoms with E-state index in [1.165, 1.54) is 44.2 Å². The Labute approximate surface area is 271 Å². The van der Waals surface area contributed by atoms with Crippen molar-refractivity contribution in [2.75, 3.05) is 0 Å². The monoisotopic (exact) mass is 604 g/mol. The van der Waals surface area contributed by atoms with Crippen molar-refractivity contribution in [3.05, 3.63) is 131 Å². The Morgan fingerprint density at radius 3 is 2.24 bits per heavy atom. The van der Waals surface area contributed by atoms with Crippen LogP contribution in [0.15, 0.2) is 104 Å². The van der Waals surface area contributed by atoms with Gasteiger partial charge in [0, 0.05) is 40.9 Å². The van der Waals surface area contributed by atoms with Gasteiger partial charge in [0.05, 0.1) is 22.9 Å². The predicted octanol–water partition coefficient (Wildman–Crippen LogP) is 10.7. The molecule has 7 aromatic rings. The minimum absolute atomic E-state index is 0.412. The van der Waals surface area contributed by atoms with E-state index in [-0.39, 0.29) is 0 Å². The molecule has 4 aromatic carbocycles. The van der Waals surface area contributed by atoms with Gasteiger partial charge < -0.3 is 4.74 Å². The number of rotatable bonds is 8. The highest BCUT2D eigenvalue weighted by atomic mass is 16.5. The second-order valence-electron chi connectivity index (χ2n) is 12.5. The van der Waals surface area contributed by atoms with Crippen LogP contribution in [-0.2, 0) is 12.8 Å². The van der Waals surface area contributed by atoms with Crippen molar-refractivity contribution in [3.63, 3.8) is 0 Å². The molecule has 0 atom stereocenters. The van der Waals surface area contributed by atoms with Crippen molar-refractivity contribution in [2.24, 2.45) is 0 Å². The fraction of sp³-hybridized carbons (Fsp3) is 0.220. The highest BCUT2D eigenvalue weighted by Crippen LogP contribution is 2.37. The van der Waals surface area contributed by atoms with E-state index in [4.69, 9.17) is 14.8 Å². The molecule has 0 bridgehead atoms. The van der Waals surface area contributed by atoms with Crippen molar-refractivity contribution in [1.29, 1.82) is 0 Å². The zero-order valence-corrected chi connectivity index (χ0v) is 27.5. The number of benzene rings is 4. The number of fused-ring (bicyclic) bond motifs is 3. The van der Waals surface area contributed by atoms with Gasteiger partial charge in [0.25, 0.3) is 0 Å². The van der Waals surface area contributed by atoms with Crippen molar-refractivity contribution in [3.8, 4) is 34.1 Å². The van der Waals surface area contributed by atoms with Crippen LogP contribution >= 0.6 is 0 Å². The molecule has 5 heteroatoms. The predicted molar refractivity (Wildman–Crippen MR) is 190 cm³/mol. The quantitative estimate of drug-likeness (QED) is 0.173. The summed E-state index contributed by atoms with van der Waals surface area (Å²) in [6.07, 6.45) is 8.03. The molecular formula is C41H40N4O. The Hall–Kier alpha value is -5.16. The Morgan fingerprint density at radius 1 is 0.739 bits per heavy atom. The number of para-hydroxylation sites is 1. The van der Waals surface area contributed by atoms with E-state index in [0.717, 1.165) is 52.4 Å². The van der Waals surface area contributed by atoms with Gasteiger partial charge >= 0.3 is 0 Å². The Morgan fingerprint density at radius 2 is 1.48 bits per heavy atom. The highest BCUT2D eigenvalue weighted by Gasteiger charge is 2.17. The van der Waals surface area contributed by atoms with Crippen molar-refractivity contribution in [2.45, 2.75) is 60.3 Å². The molecule has 0 aliphatic rings. The van der Waals surface area contributed by atoms with Crippen molar-refractivity contribution < 1.29 is 4.74 Å². The lowest BCUT2D eigenvalue weighted by atomic mass is 9.87. The van der Waals surface area contributed by atoms with Crippen LogP contribution in [0.4, 0.5) is 0 Å². The number of hydrogen-bond acceptors (Lipinski definition) is 3. The molecule has 7 rings (SSSR count). The molecular weight excluding hydrogens is 564 g/mol. The van der Waals surface area contributed by atoms with E-state index < -0.39 is 0 Å². The van der Waals surface area contributed by atoms with E-state index in [0.29, 0.717) is 5.92 Å². The van der Waals surface area contributed by atoms with Crippen molar-refractivity contribution >= 4 is 21.8 Å². The molecule has 230 valence electrons. The fourth-order valence-electron chi connectivity index (χ4n) is 6.93. The Balaban J connectivity index is 1.26. The molecule has 5 nitrogen and oxygen atoms in total. The van der Waals surface area contributed by atoms with Crippen LogP contribution in [0.5, 0.6) is 11.5 Å². The number of aromatic nitrogens is 4. The molecule has 0 radical (unpaired) electrons. The minimum atomic E-state index is 0.412. The Bertz CT molecular complexity index is 2190. The first-order valence-corrected chi connectivity index (χ1v) is 16.3. The number of ether oxygens (including phenoxy) is 1. The molecule has 0 spiro atoms. The maximum Gasteiger partial charge on any atom is 0.137 e. The third-order valence-electron chi connectivity index (χ3n) is 9.20. The topological polar surface area (TPSA) is 44.9 Å². The first-order valence-electron chi connectivity index (χ1n) is 16.3. The van der Waals surface area contributed by atoms with Crippen LogP contribution in [0.3, 0.4) is 0 Å². The standard InChI is InChI=1S/C41H40N4O/c1-7-34-27(5)20-28(6)35(8-2)41(34)30-24-43-44(25-30)31-12-11-13-32(22-31)46-33-16-17-37-36-14-9-10-15-38(36)45(39(37)23-33)40-21-29(26(3)4)18-19-42-40/h9-26H,7-8H2,1-6H3. The summed E-state index contributed by atoms with van der Waals surface area (Å²) in [6.45, 7) is 13.3. The third-order valence-corrected chi connectivity index (χ3v) is 9.20. The minimum Gasteiger partial charge on any atom is -0.457 e. The summed E-state index contributed by atoms with van der Waals surface area (Å²) in [5, 5.41) is 7.16. The summed E-state index contributed by atoms with van der Waals surface area (Å²) in [5.41, 5.74) is 12.4. The third kappa shape index (κ3) is 5.16. The fourth-order valence-corrected chi connectivity index (χ4v) is 6.93. The van der Waals surface area contributed by atoms with Crippen LogP contribution in [0.1, 0.15) is 61.4 Å². The van der Waals surface area contributed by atoms with Crippen LogP contribution in [0.2, 0.25) is 0 Å². The lowest BCUT2D eigenvalue weighted by Gasteiger charge is -2.17. The maximum absolute atomic E-state index is 6.52. The molecule has 0 aliphatic heterocycles. The van der Waals surface area contributed by atoms with E-state index >= 15 is 0 Å². The molecule has 3 aromatic heterocycles. The van der Waals surface area contributed by atoms with Gasteiger partial charge in [0.2, 0.25) is 0 Å². The van der Waals surface area contributed by atoms with Gasteiger partial charge in [-0.05, 0) is 108 Å². The van der Waals surface area contributed by atoms with Crippen molar-refractivity contribution in [1.82, 2.24) is 19.3 Å². The lowest BCUT2D eigenvalue weighted by Crippen LogP contribution is -2.00. The number of hydrogen-bond donors (Lipinski definition) is 0. The summed E-state index contributed by atoms with van der Waals surface area (Å²) >= 11 is 0. The van der Waals surface area contributed by atoms with Crippen LogP contribution in [-0.4, -0.2) is 19.3 Å². The van der Waals surface area contributed by atoms with Gasteiger partial charge in [-0.2, -0.15) is 5.10 Å². The number of nitrogens with zero attached hydrogens (tertiary/aromatic N) is 4. The van der Waals surface area contributed by atoms with E-state index in [1.54, 1.807) is 0 Å². The van der Waals surface area contributed by atoms with Gasteiger partial charge in [-0.25, -0.2) is 9.67 Å². The first-order chi connectivity index (χ1) is 22.4. The highest BCUT2D eigenvalue weighted by molar-refractivity contribution is 6.09. The average Bonchev–Trinajstić information content (AvgIpc) is 3.68. The summed E-state index contributed by atoms with van der Waals surface area (Å²) in [6, 6.07) is 29.6. The van der Waals surface area contributed by atoms with Crippen LogP contribution in [0.25, 0.3) is 44.4 Å². The summed E-state index contributed by atoms with van der Waals surface area (Å²) < 4.78 is 10.7. The maximum atomic E-state index is 6.52. The molecule has 0 fully saturated rings. The summed E-state index contributed by atoms with van der Waals surface area (Å²) in [4.78, 5) is 4.79. The normalized spacial score (nSPS) is 11.6. The van der Waals surface area contributed by atoms with Gasteiger partial charge in [0.1, 0.15) is 17.3 Å². The smallest absolute Gasteiger partial charge is 0.137 e. The molecule has 0 N–H and O–H groups in total. The van der Waals surface area contributed by atoms with Gasteiger partial charge in [-0.3, -0.25) is 4.57 Å². The zero-order valence-electron chi connectivity index (χ0n) is 27.5. The van der Waals surface area contributed by atoms with E-state index in [1.807, 2.05) is 41.3 Å². The lowest BCUT2D eigenvalue weighted by molar-refractivity contribution is 0.483. The van der Waals surface area contributed by atoms with Gasteiger partial charge in [-0.15, -0.1) is 0 Å². The van der Waals surface area contributed by atoms with Gasteiger partial charge in [0.15, 0.2) is 0 Å². The zero-order chi connectivity index (χ0) is 31.9. The van der Waals surface area contributed by atoms with Gasteiger partial charge in [-0.1, -0.05) is 58.0 Å².